The SMILES string of the molecule is CC1(C)OB(c2ccc(-c3ccc(-c4ccc(Cl)cc4)nc3)nc2)OC1(C)C. The summed E-state index contributed by atoms with van der Waals surface area (Å²) >= 11 is 5.95. The quantitative estimate of drug-likeness (QED) is 0.603. The number of rotatable bonds is 3. The minimum atomic E-state index is -0.406. The van der Waals surface area contributed by atoms with Gasteiger partial charge in [-0.05, 0) is 58.0 Å². The van der Waals surface area contributed by atoms with Gasteiger partial charge in [0.2, 0.25) is 0 Å². The summed E-state index contributed by atoms with van der Waals surface area (Å²) in [5.41, 5.74) is 3.92. The topological polar surface area (TPSA) is 44.2 Å². The summed E-state index contributed by atoms with van der Waals surface area (Å²) in [6, 6.07) is 15.6. The van der Waals surface area contributed by atoms with E-state index in [9.17, 15) is 0 Å². The van der Waals surface area contributed by atoms with Crippen molar-refractivity contribution < 1.29 is 9.31 Å². The number of benzene rings is 1. The molecule has 0 saturated carbocycles. The van der Waals surface area contributed by atoms with Crippen molar-refractivity contribution in [2.45, 2.75) is 38.9 Å². The molecule has 4 rings (SSSR count). The second-order valence-corrected chi connectivity index (χ2v) is 8.44. The van der Waals surface area contributed by atoms with E-state index in [2.05, 4.69) is 9.97 Å². The Morgan fingerprint density at radius 1 is 0.714 bits per heavy atom. The number of halogens is 1. The molecule has 28 heavy (non-hydrogen) atoms. The van der Waals surface area contributed by atoms with Crippen molar-refractivity contribution in [3.8, 4) is 22.5 Å². The van der Waals surface area contributed by atoms with Crippen LogP contribution in [-0.2, 0) is 9.31 Å². The highest BCUT2D eigenvalue weighted by Crippen LogP contribution is 2.36. The molecule has 0 radical (unpaired) electrons. The largest absolute Gasteiger partial charge is 0.496 e. The lowest BCUT2D eigenvalue weighted by Crippen LogP contribution is -2.41. The van der Waals surface area contributed by atoms with Gasteiger partial charge in [0, 0.05) is 34.0 Å². The van der Waals surface area contributed by atoms with Gasteiger partial charge in [0.15, 0.2) is 0 Å². The molecule has 142 valence electrons. The van der Waals surface area contributed by atoms with Crippen LogP contribution in [0.4, 0.5) is 0 Å². The fourth-order valence-electron chi connectivity index (χ4n) is 3.03. The van der Waals surface area contributed by atoms with Gasteiger partial charge in [0.1, 0.15) is 0 Å². The molecular weight excluding hydrogens is 371 g/mol. The zero-order chi connectivity index (χ0) is 19.9. The van der Waals surface area contributed by atoms with Crippen molar-refractivity contribution in [1.29, 1.82) is 0 Å². The van der Waals surface area contributed by atoms with E-state index in [1.165, 1.54) is 0 Å². The highest BCUT2D eigenvalue weighted by molar-refractivity contribution is 6.62. The average Bonchev–Trinajstić information content (AvgIpc) is 2.90. The second-order valence-electron chi connectivity index (χ2n) is 8.00. The molecule has 3 aromatic rings. The fraction of sp³-hybridized carbons (Fsp3) is 0.273. The molecule has 0 N–H and O–H groups in total. The molecule has 0 atom stereocenters. The average molecular weight is 393 g/mol. The van der Waals surface area contributed by atoms with Crippen molar-refractivity contribution in [2.75, 3.05) is 0 Å². The van der Waals surface area contributed by atoms with Crippen LogP contribution in [0.3, 0.4) is 0 Å². The molecule has 0 spiro atoms. The second kappa shape index (κ2) is 7.00. The first-order valence-electron chi connectivity index (χ1n) is 9.29. The van der Waals surface area contributed by atoms with E-state index < -0.39 is 7.12 Å². The molecule has 1 aliphatic heterocycles. The lowest BCUT2D eigenvalue weighted by atomic mass is 9.80. The number of hydrogen-bond donors (Lipinski definition) is 0. The van der Waals surface area contributed by atoms with Crippen LogP contribution in [0.5, 0.6) is 0 Å². The predicted octanol–water partition coefficient (Wildman–Crippen LogP) is 4.76. The Bertz CT molecular complexity index is 955. The Morgan fingerprint density at radius 2 is 1.25 bits per heavy atom. The zero-order valence-electron chi connectivity index (χ0n) is 16.4. The van der Waals surface area contributed by atoms with Crippen molar-refractivity contribution in [3.05, 3.63) is 65.9 Å². The van der Waals surface area contributed by atoms with Crippen LogP contribution in [0.25, 0.3) is 22.5 Å². The number of aromatic nitrogens is 2. The molecule has 3 heterocycles. The van der Waals surface area contributed by atoms with Gasteiger partial charge in [-0.3, -0.25) is 9.97 Å². The number of pyridine rings is 2. The highest BCUT2D eigenvalue weighted by atomic mass is 35.5. The molecule has 0 amide bonds. The maximum absolute atomic E-state index is 6.08. The lowest BCUT2D eigenvalue weighted by molar-refractivity contribution is 0.00578. The van der Waals surface area contributed by atoms with Crippen LogP contribution in [0, 0.1) is 0 Å². The lowest BCUT2D eigenvalue weighted by Gasteiger charge is -2.32. The molecule has 1 aliphatic rings. The predicted molar refractivity (Wildman–Crippen MR) is 114 cm³/mol. The van der Waals surface area contributed by atoms with E-state index in [1.54, 1.807) is 0 Å². The van der Waals surface area contributed by atoms with Crippen molar-refractivity contribution in [2.24, 2.45) is 0 Å². The number of nitrogens with zero attached hydrogens (tertiary/aromatic N) is 2. The van der Waals surface area contributed by atoms with Crippen LogP contribution in [0.15, 0.2) is 60.9 Å². The third-order valence-electron chi connectivity index (χ3n) is 5.51. The Labute approximate surface area is 171 Å². The summed E-state index contributed by atoms with van der Waals surface area (Å²) in [5, 5.41) is 0.714. The van der Waals surface area contributed by atoms with E-state index >= 15 is 0 Å². The molecule has 6 heteroatoms. The number of hydrogen-bond acceptors (Lipinski definition) is 4. The van der Waals surface area contributed by atoms with Gasteiger partial charge in [0.05, 0.1) is 22.6 Å². The van der Waals surface area contributed by atoms with Gasteiger partial charge in [-0.25, -0.2) is 0 Å². The van der Waals surface area contributed by atoms with Gasteiger partial charge in [0.25, 0.3) is 0 Å². The first-order chi connectivity index (χ1) is 13.2. The van der Waals surface area contributed by atoms with Crippen molar-refractivity contribution in [1.82, 2.24) is 9.97 Å². The fourth-order valence-corrected chi connectivity index (χ4v) is 3.16. The summed E-state index contributed by atoms with van der Waals surface area (Å²) in [6.07, 6.45) is 3.64. The Balaban J connectivity index is 1.52. The van der Waals surface area contributed by atoms with E-state index in [0.717, 1.165) is 28.0 Å². The van der Waals surface area contributed by atoms with Crippen LogP contribution in [0.2, 0.25) is 5.02 Å². The zero-order valence-corrected chi connectivity index (χ0v) is 17.2. The first-order valence-corrected chi connectivity index (χ1v) is 9.67. The monoisotopic (exact) mass is 392 g/mol. The molecule has 4 nitrogen and oxygen atoms in total. The van der Waals surface area contributed by atoms with E-state index in [1.807, 2.05) is 88.6 Å². The molecule has 0 bridgehead atoms. The summed E-state index contributed by atoms with van der Waals surface area (Å²) in [6.45, 7) is 8.18. The Hall–Kier alpha value is -2.21. The summed E-state index contributed by atoms with van der Waals surface area (Å²) in [4.78, 5) is 9.15. The third kappa shape index (κ3) is 3.58. The molecule has 0 unspecified atom stereocenters. The van der Waals surface area contributed by atoms with Gasteiger partial charge in [-0.1, -0.05) is 29.8 Å². The van der Waals surface area contributed by atoms with Crippen molar-refractivity contribution in [3.63, 3.8) is 0 Å². The molecule has 1 aromatic carbocycles. The molecule has 0 aliphatic carbocycles. The van der Waals surface area contributed by atoms with E-state index in [4.69, 9.17) is 20.9 Å². The van der Waals surface area contributed by atoms with Crippen molar-refractivity contribution >= 4 is 24.2 Å². The summed E-state index contributed by atoms with van der Waals surface area (Å²) < 4.78 is 12.2. The molecule has 2 aromatic heterocycles. The maximum atomic E-state index is 6.08. The maximum Gasteiger partial charge on any atom is 0.496 e. The Morgan fingerprint density at radius 3 is 1.79 bits per heavy atom. The third-order valence-corrected chi connectivity index (χ3v) is 5.76. The highest BCUT2D eigenvalue weighted by Gasteiger charge is 2.51. The van der Waals surface area contributed by atoms with Gasteiger partial charge in [-0.2, -0.15) is 0 Å². The summed E-state index contributed by atoms with van der Waals surface area (Å²) in [5.74, 6) is 0. The molecular formula is C22H22BClN2O2. The van der Waals surface area contributed by atoms with Crippen LogP contribution in [0.1, 0.15) is 27.7 Å². The van der Waals surface area contributed by atoms with Crippen LogP contribution >= 0.6 is 11.6 Å². The van der Waals surface area contributed by atoms with Gasteiger partial charge >= 0.3 is 7.12 Å². The minimum absolute atomic E-state index is 0.363. The van der Waals surface area contributed by atoms with Crippen LogP contribution < -0.4 is 5.46 Å². The summed E-state index contributed by atoms with van der Waals surface area (Å²) in [7, 11) is -0.406. The molecule has 1 fully saturated rings. The first kappa shape index (κ1) is 19.1. The normalized spacial score (nSPS) is 17.7. The van der Waals surface area contributed by atoms with E-state index in [0.29, 0.717) is 5.02 Å². The van der Waals surface area contributed by atoms with Gasteiger partial charge < -0.3 is 9.31 Å². The van der Waals surface area contributed by atoms with Gasteiger partial charge in [-0.15, -0.1) is 0 Å². The van der Waals surface area contributed by atoms with E-state index in [-0.39, 0.29) is 11.2 Å². The smallest absolute Gasteiger partial charge is 0.399 e. The standard InChI is InChI=1S/C22H22BClN2O2/c1-21(2)22(3,4)28-23(27-21)17-8-12-20(26-14-17)16-7-11-19(25-13-16)15-5-9-18(24)10-6-15/h5-14H,1-4H3. The van der Waals surface area contributed by atoms with Crippen LogP contribution in [-0.4, -0.2) is 28.3 Å². The minimum Gasteiger partial charge on any atom is -0.399 e. The Kier molecular flexibility index (Phi) is 4.78. The molecule has 1 saturated heterocycles.